The molecule has 8 heteroatoms. The van der Waals surface area contributed by atoms with E-state index in [0.717, 1.165) is 59.9 Å². The highest BCUT2D eigenvalue weighted by molar-refractivity contribution is 6.00. The minimum atomic E-state index is -0.392. The Hall–Kier alpha value is -4.59. The van der Waals surface area contributed by atoms with Crippen LogP contribution in [0.2, 0.25) is 0 Å². The highest BCUT2D eigenvalue weighted by atomic mass is 16.5. The van der Waals surface area contributed by atoms with Gasteiger partial charge in [0.05, 0.1) is 37.4 Å². The lowest BCUT2D eigenvalue weighted by atomic mass is 9.98. The Morgan fingerprint density at radius 2 is 1.64 bits per heavy atom. The summed E-state index contributed by atoms with van der Waals surface area (Å²) in [6.45, 7) is 5.69. The molecule has 0 atom stereocenters. The number of ketones is 1. The lowest BCUT2D eigenvalue weighted by molar-refractivity contribution is -0.143. The molecule has 1 aromatic heterocycles. The van der Waals surface area contributed by atoms with E-state index in [1.807, 2.05) is 54.6 Å². The van der Waals surface area contributed by atoms with E-state index in [1.54, 1.807) is 13.0 Å². The zero-order chi connectivity index (χ0) is 31.6. The van der Waals surface area contributed by atoms with Gasteiger partial charge in [0, 0.05) is 24.0 Å². The van der Waals surface area contributed by atoms with Gasteiger partial charge in [-0.05, 0) is 92.4 Å². The molecular formula is C37H40O8. The number of hydrogen-bond acceptors (Lipinski definition) is 8. The number of ether oxygens (including phenoxy) is 4. The molecule has 0 aliphatic carbocycles. The zero-order valence-corrected chi connectivity index (χ0v) is 26.0. The van der Waals surface area contributed by atoms with Crippen molar-refractivity contribution in [3.05, 3.63) is 87.8 Å². The molecule has 0 saturated carbocycles. The van der Waals surface area contributed by atoms with Gasteiger partial charge in [-0.15, -0.1) is 0 Å². The Bertz CT molecular complexity index is 1700. The monoisotopic (exact) mass is 612 g/mol. The number of carbonyl (C=O) groups excluding carboxylic acids is 2. The summed E-state index contributed by atoms with van der Waals surface area (Å²) in [7, 11) is 0. The number of benzene rings is 3. The lowest BCUT2D eigenvalue weighted by Crippen LogP contribution is -2.17. The van der Waals surface area contributed by atoms with E-state index >= 15 is 0 Å². The SMILES string of the molecule is CCCc1c(OCCCCCOc2ccc(-c3cc4ccccc4c(=O)o3)cc2CCC(=O)OCC)ccc2c1OCCC2=O. The van der Waals surface area contributed by atoms with Crippen molar-refractivity contribution >= 4 is 22.5 Å². The van der Waals surface area contributed by atoms with Crippen LogP contribution < -0.4 is 19.8 Å². The molecule has 3 aromatic carbocycles. The molecule has 4 aromatic rings. The maximum absolute atomic E-state index is 12.6. The molecular weight excluding hydrogens is 572 g/mol. The summed E-state index contributed by atoms with van der Waals surface area (Å²) in [5, 5.41) is 1.33. The maximum atomic E-state index is 12.6. The standard InChI is InChI=1S/C37H40O8/c1-3-10-30-33(17-15-29-31(38)19-22-44-36(29)30)43-21-9-5-8-20-42-32-16-13-27(23-26(32)14-18-35(39)41-4-2)34-24-25-11-6-7-12-28(25)37(40)45-34/h6-7,11-13,15-17,23-24H,3-5,8-10,14,18-22H2,1-2H3. The normalized spacial score (nSPS) is 12.4. The van der Waals surface area contributed by atoms with Crippen LogP contribution in [0.3, 0.4) is 0 Å². The quantitative estimate of drug-likeness (QED) is 0.100. The van der Waals surface area contributed by atoms with Crippen LogP contribution in [0.25, 0.3) is 22.1 Å². The molecule has 0 fully saturated rings. The number of carbonyl (C=O) groups is 2. The topological polar surface area (TPSA) is 101 Å². The fraction of sp³-hybridized carbons (Fsp3) is 0.378. The first-order chi connectivity index (χ1) is 22.0. The molecule has 0 saturated heterocycles. The molecule has 8 nitrogen and oxygen atoms in total. The zero-order valence-electron chi connectivity index (χ0n) is 26.0. The second-order valence-corrected chi connectivity index (χ2v) is 11.1. The first-order valence-corrected chi connectivity index (χ1v) is 15.9. The number of rotatable bonds is 15. The van der Waals surface area contributed by atoms with Gasteiger partial charge in [0.2, 0.25) is 0 Å². The summed E-state index contributed by atoms with van der Waals surface area (Å²) in [5.41, 5.74) is 2.83. The van der Waals surface area contributed by atoms with Crippen LogP contribution in [0.15, 0.2) is 69.9 Å². The third-order valence-electron chi connectivity index (χ3n) is 7.82. The van der Waals surface area contributed by atoms with Gasteiger partial charge >= 0.3 is 11.6 Å². The first kappa shape index (κ1) is 31.8. The number of fused-ring (bicyclic) bond motifs is 2. The molecule has 0 amide bonds. The largest absolute Gasteiger partial charge is 0.493 e. The number of Topliss-reactive ketones (excluding diaryl/α,β-unsaturated/α-hetero) is 1. The van der Waals surface area contributed by atoms with Crippen LogP contribution in [0.1, 0.15) is 73.9 Å². The van der Waals surface area contributed by atoms with Gasteiger partial charge in [-0.2, -0.15) is 0 Å². The van der Waals surface area contributed by atoms with E-state index in [4.69, 9.17) is 23.4 Å². The fourth-order valence-electron chi connectivity index (χ4n) is 5.56. The summed E-state index contributed by atoms with van der Waals surface area (Å²) in [5.74, 6) is 2.48. The van der Waals surface area contributed by atoms with Gasteiger partial charge in [-0.1, -0.05) is 31.5 Å². The van der Waals surface area contributed by atoms with Crippen molar-refractivity contribution in [2.45, 2.75) is 65.2 Å². The lowest BCUT2D eigenvalue weighted by Gasteiger charge is -2.22. The maximum Gasteiger partial charge on any atom is 0.344 e. The fourth-order valence-corrected chi connectivity index (χ4v) is 5.56. The van der Waals surface area contributed by atoms with Crippen LogP contribution in [0, 0.1) is 0 Å². The molecule has 5 rings (SSSR count). The average Bonchev–Trinajstić information content (AvgIpc) is 3.05. The second-order valence-electron chi connectivity index (χ2n) is 11.1. The molecule has 45 heavy (non-hydrogen) atoms. The second kappa shape index (κ2) is 15.4. The Balaban J connectivity index is 1.19. The predicted molar refractivity (Wildman–Crippen MR) is 173 cm³/mol. The van der Waals surface area contributed by atoms with Crippen LogP contribution in [0.5, 0.6) is 17.2 Å². The summed E-state index contributed by atoms with van der Waals surface area (Å²) in [4.78, 5) is 37.0. The van der Waals surface area contributed by atoms with Crippen molar-refractivity contribution in [2.75, 3.05) is 26.4 Å². The number of hydrogen-bond donors (Lipinski definition) is 0. The molecule has 1 aliphatic rings. The Kier molecular flexibility index (Phi) is 10.9. The van der Waals surface area contributed by atoms with Gasteiger partial charge < -0.3 is 23.4 Å². The highest BCUT2D eigenvalue weighted by Crippen LogP contribution is 2.36. The van der Waals surface area contributed by atoms with Gasteiger partial charge in [0.15, 0.2) is 5.78 Å². The molecule has 0 bridgehead atoms. The Morgan fingerprint density at radius 3 is 2.44 bits per heavy atom. The molecule has 2 heterocycles. The predicted octanol–water partition coefficient (Wildman–Crippen LogP) is 7.50. The smallest absolute Gasteiger partial charge is 0.344 e. The molecule has 0 spiro atoms. The van der Waals surface area contributed by atoms with Gasteiger partial charge in [-0.25, -0.2) is 4.79 Å². The van der Waals surface area contributed by atoms with Gasteiger partial charge in [0.25, 0.3) is 0 Å². The van der Waals surface area contributed by atoms with Gasteiger partial charge in [-0.3, -0.25) is 9.59 Å². The van der Waals surface area contributed by atoms with Crippen LogP contribution >= 0.6 is 0 Å². The van der Waals surface area contributed by atoms with E-state index in [0.29, 0.717) is 67.5 Å². The highest BCUT2D eigenvalue weighted by Gasteiger charge is 2.23. The van der Waals surface area contributed by atoms with E-state index in [2.05, 4.69) is 6.92 Å². The van der Waals surface area contributed by atoms with Crippen LogP contribution in [-0.4, -0.2) is 38.2 Å². The first-order valence-electron chi connectivity index (χ1n) is 15.9. The van der Waals surface area contributed by atoms with E-state index in [-0.39, 0.29) is 18.2 Å². The average molecular weight is 613 g/mol. The molecule has 0 unspecified atom stereocenters. The Labute approximate surface area is 263 Å². The number of unbranched alkanes of at least 4 members (excludes halogenated alkanes) is 2. The summed E-state index contributed by atoms with van der Waals surface area (Å²) in [6, 6.07) is 18.5. The minimum absolute atomic E-state index is 0.124. The Morgan fingerprint density at radius 1 is 0.867 bits per heavy atom. The number of aryl methyl sites for hydroxylation is 1. The van der Waals surface area contributed by atoms with Crippen molar-refractivity contribution < 1.29 is 33.0 Å². The van der Waals surface area contributed by atoms with Crippen LogP contribution in [-0.2, 0) is 22.4 Å². The van der Waals surface area contributed by atoms with Crippen molar-refractivity contribution in [2.24, 2.45) is 0 Å². The van der Waals surface area contributed by atoms with Crippen molar-refractivity contribution in [1.82, 2.24) is 0 Å². The molecule has 0 radical (unpaired) electrons. The summed E-state index contributed by atoms with van der Waals surface area (Å²) >= 11 is 0. The van der Waals surface area contributed by atoms with E-state index in [1.165, 1.54) is 0 Å². The van der Waals surface area contributed by atoms with E-state index in [9.17, 15) is 14.4 Å². The third kappa shape index (κ3) is 7.93. The van der Waals surface area contributed by atoms with Crippen LogP contribution in [0.4, 0.5) is 0 Å². The van der Waals surface area contributed by atoms with Crippen molar-refractivity contribution in [3.63, 3.8) is 0 Å². The molecule has 0 N–H and O–H groups in total. The molecule has 1 aliphatic heterocycles. The summed E-state index contributed by atoms with van der Waals surface area (Å²) < 4.78 is 28.9. The third-order valence-corrected chi connectivity index (χ3v) is 7.82. The van der Waals surface area contributed by atoms with Gasteiger partial charge in [0.1, 0.15) is 23.0 Å². The van der Waals surface area contributed by atoms with Crippen molar-refractivity contribution in [3.8, 4) is 28.6 Å². The summed E-state index contributed by atoms with van der Waals surface area (Å²) in [6.07, 6.45) is 5.37. The number of esters is 1. The minimum Gasteiger partial charge on any atom is -0.493 e. The van der Waals surface area contributed by atoms with E-state index < -0.39 is 5.63 Å². The molecule has 236 valence electrons. The van der Waals surface area contributed by atoms with Crippen molar-refractivity contribution in [1.29, 1.82) is 0 Å².